The van der Waals surface area contributed by atoms with Crippen molar-refractivity contribution in [1.82, 2.24) is 0 Å². The Labute approximate surface area is 132 Å². The number of fused-ring (bicyclic) bond motifs is 1. The van der Waals surface area contributed by atoms with E-state index in [4.69, 9.17) is 0 Å². The van der Waals surface area contributed by atoms with E-state index in [0.717, 1.165) is 0 Å². The van der Waals surface area contributed by atoms with Gasteiger partial charge in [0.25, 0.3) is 0 Å². The van der Waals surface area contributed by atoms with E-state index < -0.39 is 0 Å². The molecule has 1 aliphatic heterocycles. The molecule has 3 heteroatoms. The van der Waals surface area contributed by atoms with Crippen LogP contribution in [0.25, 0.3) is 0 Å². The Morgan fingerprint density at radius 1 is 1.05 bits per heavy atom. The van der Waals surface area contributed by atoms with Gasteiger partial charge in [-0.25, -0.2) is 0 Å². The van der Waals surface area contributed by atoms with Crippen molar-refractivity contribution < 1.29 is 5.11 Å². The Morgan fingerprint density at radius 2 is 1.70 bits per heavy atom. The lowest BCUT2D eigenvalue weighted by Crippen LogP contribution is -2.44. The first kappa shape index (κ1) is 15.3. The Hall–Kier alpha value is 0.400. The third-order valence-corrected chi connectivity index (χ3v) is 9.44. The zero-order valence-corrected chi connectivity index (χ0v) is 14.8. The molecule has 1 heterocycles. The normalized spacial score (nSPS) is 36.0. The second-order valence-corrected chi connectivity index (χ2v) is 10.7. The first-order valence-electron chi connectivity index (χ1n) is 8.03. The molecule has 0 amide bonds. The Balaban J connectivity index is 2.02. The second kappa shape index (κ2) is 5.24. The molecule has 0 unspecified atom stereocenters. The molecule has 1 atom stereocenters. The number of thioether (sulfide) groups is 2. The van der Waals surface area contributed by atoms with Crippen LogP contribution < -0.4 is 0 Å². The molecule has 0 aromatic heterocycles. The Kier molecular flexibility index (Phi) is 4.01. The summed E-state index contributed by atoms with van der Waals surface area (Å²) in [7, 11) is 0. The third-order valence-electron chi connectivity index (χ3n) is 5.79. The number of hydrogen-bond acceptors (Lipinski definition) is 3. The summed E-state index contributed by atoms with van der Waals surface area (Å²) in [6, 6.07) is 0. The maximum Gasteiger partial charge on any atom is 0.0820 e. The summed E-state index contributed by atoms with van der Waals surface area (Å²) in [6.07, 6.45) is 7.47. The molecule has 0 aromatic carbocycles. The first-order chi connectivity index (χ1) is 9.43. The lowest BCUT2D eigenvalue weighted by molar-refractivity contribution is 0.0754. The van der Waals surface area contributed by atoms with Crippen LogP contribution >= 0.6 is 23.5 Å². The summed E-state index contributed by atoms with van der Waals surface area (Å²) in [6.45, 7) is 7.54. The highest BCUT2D eigenvalue weighted by Gasteiger charge is 2.51. The van der Waals surface area contributed by atoms with Crippen molar-refractivity contribution >= 4 is 23.5 Å². The minimum absolute atomic E-state index is 0.128. The van der Waals surface area contributed by atoms with Crippen LogP contribution in [0.1, 0.15) is 59.3 Å². The lowest BCUT2D eigenvalue weighted by Gasteiger charge is -2.53. The van der Waals surface area contributed by atoms with Crippen molar-refractivity contribution in [3.63, 3.8) is 0 Å². The van der Waals surface area contributed by atoms with Crippen LogP contribution in [-0.4, -0.2) is 27.3 Å². The molecule has 0 aromatic rings. The van der Waals surface area contributed by atoms with Crippen LogP contribution in [0.5, 0.6) is 0 Å². The van der Waals surface area contributed by atoms with Gasteiger partial charge < -0.3 is 5.11 Å². The van der Waals surface area contributed by atoms with Gasteiger partial charge in [0.05, 0.1) is 10.7 Å². The molecule has 1 saturated heterocycles. The highest BCUT2D eigenvalue weighted by molar-refractivity contribution is 8.19. The molecule has 2 aliphatic carbocycles. The van der Waals surface area contributed by atoms with Crippen molar-refractivity contribution in [2.45, 2.75) is 63.4 Å². The van der Waals surface area contributed by atoms with Crippen LogP contribution in [0.3, 0.4) is 0 Å². The summed E-state index contributed by atoms with van der Waals surface area (Å²) < 4.78 is 0.347. The average Bonchev–Trinajstić information content (AvgIpc) is 2.45. The Morgan fingerprint density at radius 3 is 2.35 bits per heavy atom. The van der Waals surface area contributed by atoms with Crippen LogP contribution in [0.4, 0.5) is 0 Å². The predicted molar refractivity (Wildman–Crippen MR) is 91.3 cm³/mol. The van der Waals surface area contributed by atoms with Gasteiger partial charge in [0.2, 0.25) is 0 Å². The maximum absolute atomic E-state index is 10.1. The Bertz CT molecular complexity index is 421. The number of aliphatic hydroxyl groups is 1. The van der Waals surface area contributed by atoms with Crippen molar-refractivity contribution in [3.8, 4) is 0 Å². The van der Waals surface area contributed by atoms with Gasteiger partial charge >= 0.3 is 0 Å². The van der Waals surface area contributed by atoms with E-state index in [1.165, 1.54) is 50.0 Å². The van der Waals surface area contributed by atoms with Crippen molar-refractivity contribution in [2.24, 2.45) is 10.8 Å². The highest BCUT2D eigenvalue weighted by Crippen LogP contribution is 2.62. The van der Waals surface area contributed by atoms with Gasteiger partial charge in [-0.05, 0) is 67.9 Å². The van der Waals surface area contributed by atoms with E-state index in [-0.39, 0.29) is 5.41 Å². The zero-order valence-electron chi connectivity index (χ0n) is 13.1. The zero-order chi connectivity index (χ0) is 14.4. The minimum Gasteiger partial charge on any atom is -0.395 e. The summed E-state index contributed by atoms with van der Waals surface area (Å²) in [5.41, 5.74) is 3.80. The first-order valence-corrected chi connectivity index (χ1v) is 10.00. The molecule has 0 radical (unpaired) electrons. The standard InChI is InChI=1S/C17H28OS2/c1-13-14-11-15(2,3)5-6-16(14,12-18)7-8-17(13)19-9-4-10-20-17/h18H,4-12H2,1-3H3/t16-/m0/s1. The van der Waals surface area contributed by atoms with E-state index in [0.29, 0.717) is 16.1 Å². The highest BCUT2D eigenvalue weighted by atomic mass is 32.2. The van der Waals surface area contributed by atoms with E-state index in [2.05, 4.69) is 44.3 Å². The molecule has 114 valence electrons. The molecule has 2 fully saturated rings. The number of aliphatic hydroxyl groups excluding tert-OH is 1. The summed E-state index contributed by atoms with van der Waals surface area (Å²) in [5, 5.41) is 10.1. The number of rotatable bonds is 1. The van der Waals surface area contributed by atoms with Crippen molar-refractivity contribution in [2.75, 3.05) is 18.1 Å². The molecular formula is C17H28OS2. The molecule has 3 aliphatic rings. The monoisotopic (exact) mass is 312 g/mol. The van der Waals surface area contributed by atoms with Crippen LogP contribution in [0, 0.1) is 10.8 Å². The third kappa shape index (κ3) is 2.38. The fraction of sp³-hybridized carbons (Fsp3) is 0.882. The van der Waals surface area contributed by atoms with Gasteiger partial charge in [-0.3, -0.25) is 0 Å². The van der Waals surface area contributed by atoms with Gasteiger partial charge in [-0.1, -0.05) is 19.4 Å². The van der Waals surface area contributed by atoms with Crippen LogP contribution in [0.2, 0.25) is 0 Å². The molecule has 1 saturated carbocycles. The summed E-state index contributed by atoms with van der Waals surface area (Å²) in [5.74, 6) is 2.63. The molecule has 1 N–H and O–H groups in total. The topological polar surface area (TPSA) is 20.2 Å². The summed E-state index contributed by atoms with van der Waals surface area (Å²) in [4.78, 5) is 0. The molecule has 1 spiro atoms. The smallest absolute Gasteiger partial charge is 0.0820 e. The molecule has 1 nitrogen and oxygen atoms in total. The summed E-state index contributed by atoms with van der Waals surface area (Å²) >= 11 is 4.37. The molecule has 20 heavy (non-hydrogen) atoms. The van der Waals surface area contributed by atoms with Gasteiger partial charge in [0.1, 0.15) is 0 Å². The van der Waals surface area contributed by atoms with E-state index in [1.54, 1.807) is 11.1 Å². The van der Waals surface area contributed by atoms with Crippen LogP contribution in [-0.2, 0) is 0 Å². The van der Waals surface area contributed by atoms with E-state index in [1.807, 2.05) is 0 Å². The fourth-order valence-electron chi connectivity index (χ4n) is 4.30. The molecule has 0 bridgehead atoms. The van der Waals surface area contributed by atoms with Crippen LogP contribution in [0.15, 0.2) is 11.1 Å². The van der Waals surface area contributed by atoms with Gasteiger partial charge in [-0.2, -0.15) is 0 Å². The second-order valence-electron chi connectivity index (χ2n) is 7.69. The fourth-order valence-corrected chi connectivity index (χ4v) is 7.72. The lowest BCUT2D eigenvalue weighted by atomic mass is 9.57. The predicted octanol–water partition coefficient (Wildman–Crippen LogP) is 4.85. The SMILES string of the molecule is CC1=C2CC(C)(C)CC[C@@]2(CO)CCC12SCCCS2. The molecular weight excluding hydrogens is 284 g/mol. The van der Waals surface area contributed by atoms with Crippen molar-refractivity contribution in [3.05, 3.63) is 11.1 Å². The van der Waals surface area contributed by atoms with Gasteiger partial charge in [0.15, 0.2) is 0 Å². The minimum atomic E-state index is 0.128. The van der Waals surface area contributed by atoms with E-state index in [9.17, 15) is 5.11 Å². The van der Waals surface area contributed by atoms with Gasteiger partial charge in [0, 0.05) is 5.41 Å². The van der Waals surface area contributed by atoms with Gasteiger partial charge in [-0.15, -0.1) is 23.5 Å². The average molecular weight is 313 g/mol. The maximum atomic E-state index is 10.1. The largest absolute Gasteiger partial charge is 0.395 e. The number of hydrogen-bond donors (Lipinski definition) is 1. The quantitative estimate of drug-likeness (QED) is 0.699. The van der Waals surface area contributed by atoms with E-state index >= 15 is 0 Å². The van der Waals surface area contributed by atoms with Crippen molar-refractivity contribution in [1.29, 1.82) is 0 Å². The molecule has 3 rings (SSSR count).